The van der Waals surface area contributed by atoms with E-state index in [2.05, 4.69) is 51.5 Å². The Morgan fingerprint density at radius 2 is 1.84 bits per heavy atom. The van der Waals surface area contributed by atoms with E-state index in [4.69, 9.17) is 0 Å². The first kappa shape index (κ1) is 21.5. The Morgan fingerprint density at radius 1 is 1.10 bits per heavy atom. The number of hydrogen-bond acceptors (Lipinski definition) is 6. The van der Waals surface area contributed by atoms with Gasteiger partial charge in [-0.1, -0.05) is 26.0 Å². The molecule has 2 heterocycles. The molecule has 3 aromatic rings. The second-order valence-electron chi connectivity index (χ2n) is 8.33. The number of carbonyl (C=O) groups excluding carboxylic acids is 2. The van der Waals surface area contributed by atoms with Gasteiger partial charge in [0.2, 0.25) is 5.91 Å². The highest BCUT2D eigenvalue weighted by Gasteiger charge is 2.23. The van der Waals surface area contributed by atoms with Crippen LogP contribution in [0.5, 0.6) is 0 Å². The van der Waals surface area contributed by atoms with Crippen molar-refractivity contribution in [3.05, 3.63) is 53.6 Å². The largest absolute Gasteiger partial charge is 0.353 e. The van der Waals surface area contributed by atoms with Crippen molar-refractivity contribution in [1.82, 2.24) is 9.27 Å². The number of aromatic nitrogens is 1. The summed E-state index contributed by atoms with van der Waals surface area (Å²) in [6.45, 7) is 9.42. The monoisotopic (exact) mass is 436 g/mol. The van der Waals surface area contributed by atoms with E-state index in [-0.39, 0.29) is 17.6 Å². The van der Waals surface area contributed by atoms with Gasteiger partial charge < -0.3 is 10.2 Å². The van der Waals surface area contributed by atoms with Crippen molar-refractivity contribution in [3.63, 3.8) is 0 Å². The SMILES string of the molecule is CC(=O)Nc1ccc(C(=O)CN2CCN(c3nsc4ccccc34)CC2)c(C(C)C)c1. The second kappa shape index (κ2) is 9.16. The van der Waals surface area contributed by atoms with Crippen LogP contribution in [0, 0.1) is 0 Å². The summed E-state index contributed by atoms with van der Waals surface area (Å²) in [6, 6.07) is 13.9. The van der Waals surface area contributed by atoms with E-state index >= 15 is 0 Å². The molecule has 0 aliphatic carbocycles. The fourth-order valence-electron chi connectivity index (χ4n) is 4.08. The number of fused-ring (bicyclic) bond motifs is 1. The number of benzene rings is 2. The molecule has 0 spiro atoms. The molecule has 0 radical (unpaired) electrons. The predicted molar refractivity (Wildman–Crippen MR) is 127 cm³/mol. The normalized spacial score (nSPS) is 14.9. The van der Waals surface area contributed by atoms with Gasteiger partial charge in [0.15, 0.2) is 5.78 Å². The molecule has 0 bridgehead atoms. The Hall–Kier alpha value is -2.77. The predicted octanol–water partition coefficient (Wildman–Crippen LogP) is 4.38. The Bertz CT molecular complexity index is 1100. The average molecular weight is 437 g/mol. The summed E-state index contributed by atoms with van der Waals surface area (Å²) in [5.41, 5.74) is 2.46. The van der Waals surface area contributed by atoms with Gasteiger partial charge in [-0.15, -0.1) is 0 Å². The fourth-order valence-corrected chi connectivity index (χ4v) is 4.88. The molecule has 0 unspecified atom stereocenters. The molecule has 1 aromatic heterocycles. The highest BCUT2D eigenvalue weighted by atomic mass is 32.1. The summed E-state index contributed by atoms with van der Waals surface area (Å²) < 4.78 is 5.87. The van der Waals surface area contributed by atoms with E-state index in [0.29, 0.717) is 6.54 Å². The molecule has 1 amide bonds. The quantitative estimate of drug-likeness (QED) is 0.581. The highest BCUT2D eigenvalue weighted by Crippen LogP contribution is 2.30. The molecule has 1 N–H and O–H groups in total. The third kappa shape index (κ3) is 4.78. The van der Waals surface area contributed by atoms with Gasteiger partial charge in [-0.25, -0.2) is 0 Å². The molecule has 1 aliphatic rings. The maximum Gasteiger partial charge on any atom is 0.221 e. The minimum absolute atomic E-state index is 0.112. The lowest BCUT2D eigenvalue weighted by atomic mass is 9.93. The lowest BCUT2D eigenvalue weighted by Crippen LogP contribution is -2.48. The van der Waals surface area contributed by atoms with Crippen LogP contribution in [0.1, 0.15) is 42.6 Å². The molecular weight excluding hydrogens is 408 g/mol. The maximum atomic E-state index is 13.1. The smallest absolute Gasteiger partial charge is 0.221 e. The van der Waals surface area contributed by atoms with Crippen molar-refractivity contribution in [2.45, 2.75) is 26.7 Å². The van der Waals surface area contributed by atoms with Crippen LogP contribution in [0.25, 0.3) is 10.1 Å². The Morgan fingerprint density at radius 3 is 2.55 bits per heavy atom. The highest BCUT2D eigenvalue weighted by molar-refractivity contribution is 7.13. The second-order valence-corrected chi connectivity index (χ2v) is 9.13. The van der Waals surface area contributed by atoms with Crippen LogP contribution in [-0.2, 0) is 4.79 Å². The molecule has 2 aromatic carbocycles. The molecule has 6 nitrogen and oxygen atoms in total. The van der Waals surface area contributed by atoms with Gasteiger partial charge in [-0.2, -0.15) is 4.37 Å². The van der Waals surface area contributed by atoms with Gasteiger partial charge in [0.05, 0.1) is 11.2 Å². The van der Waals surface area contributed by atoms with Crippen molar-refractivity contribution in [2.75, 3.05) is 42.9 Å². The molecular formula is C24H28N4O2S. The third-order valence-corrected chi connectivity index (χ3v) is 6.51. The van der Waals surface area contributed by atoms with Gasteiger partial charge in [0.1, 0.15) is 5.82 Å². The van der Waals surface area contributed by atoms with Gasteiger partial charge in [-0.05, 0) is 53.3 Å². The van der Waals surface area contributed by atoms with E-state index in [1.165, 1.54) is 28.5 Å². The summed E-state index contributed by atoms with van der Waals surface area (Å²) in [5, 5.41) is 4.01. The minimum Gasteiger partial charge on any atom is -0.353 e. The summed E-state index contributed by atoms with van der Waals surface area (Å²) in [4.78, 5) is 29.0. The Balaban J connectivity index is 1.41. The van der Waals surface area contributed by atoms with E-state index in [1.54, 1.807) is 0 Å². The number of nitrogens with zero attached hydrogens (tertiary/aromatic N) is 3. The first-order chi connectivity index (χ1) is 14.9. The number of piperazine rings is 1. The first-order valence-electron chi connectivity index (χ1n) is 10.7. The number of hydrogen-bond donors (Lipinski definition) is 1. The van der Waals surface area contributed by atoms with Crippen molar-refractivity contribution in [1.29, 1.82) is 0 Å². The number of Topliss-reactive ketones (excluding diaryl/α,β-unsaturated/α-hetero) is 1. The molecule has 0 atom stereocenters. The minimum atomic E-state index is -0.112. The molecule has 1 aliphatic heterocycles. The summed E-state index contributed by atoms with van der Waals surface area (Å²) in [7, 11) is 0. The average Bonchev–Trinajstić information content (AvgIpc) is 3.18. The Kier molecular flexibility index (Phi) is 6.34. The topological polar surface area (TPSA) is 65.5 Å². The summed E-state index contributed by atoms with van der Waals surface area (Å²) in [6.07, 6.45) is 0. The van der Waals surface area contributed by atoms with Crippen LogP contribution in [0.15, 0.2) is 42.5 Å². The van der Waals surface area contributed by atoms with Crippen molar-refractivity contribution >= 4 is 44.8 Å². The molecule has 1 fully saturated rings. The van der Waals surface area contributed by atoms with Gasteiger partial charge in [0, 0.05) is 49.7 Å². The van der Waals surface area contributed by atoms with Crippen molar-refractivity contribution in [3.8, 4) is 0 Å². The summed E-state index contributed by atoms with van der Waals surface area (Å²) in [5.74, 6) is 1.27. The molecule has 7 heteroatoms. The zero-order valence-corrected chi connectivity index (χ0v) is 19.0. The standard InChI is InChI=1S/C24H28N4O2S/c1-16(2)21-14-18(25-17(3)29)8-9-19(21)22(30)15-27-10-12-28(13-11-27)24-20-6-4-5-7-23(20)31-26-24/h4-9,14,16H,10-13,15H2,1-3H3,(H,25,29). The number of nitrogens with one attached hydrogen (secondary N) is 1. The van der Waals surface area contributed by atoms with Gasteiger partial charge in [0.25, 0.3) is 0 Å². The van der Waals surface area contributed by atoms with Crippen molar-refractivity contribution < 1.29 is 9.59 Å². The van der Waals surface area contributed by atoms with Gasteiger partial charge in [-0.3, -0.25) is 14.5 Å². The Labute approximate surface area is 187 Å². The molecule has 31 heavy (non-hydrogen) atoms. The number of rotatable bonds is 6. The van der Waals surface area contributed by atoms with Gasteiger partial charge >= 0.3 is 0 Å². The van der Waals surface area contributed by atoms with Crippen LogP contribution >= 0.6 is 11.5 Å². The maximum absolute atomic E-state index is 13.1. The zero-order valence-electron chi connectivity index (χ0n) is 18.2. The van der Waals surface area contributed by atoms with E-state index < -0.39 is 0 Å². The number of ketones is 1. The van der Waals surface area contributed by atoms with Crippen LogP contribution in [0.4, 0.5) is 11.5 Å². The van der Waals surface area contributed by atoms with Crippen molar-refractivity contribution in [2.24, 2.45) is 0 Å². The lowest BCUT2D eigenvalue weighted by Gasteiger charge is -2.34. The molecule has 162 valence electrons. The lowest BCUT2D eigenvalue weighted by molar-refractivity contribution is -0.114. The molecule has 0 saturated carbocycles. The number of anilines is 2. The molecule has 1 saturated heterocycles. The fraction of sp³-hybridized carbons (Fsp3) is 0.375. The number of carbonyl (C=O) groups is 2. The van der Waals surface area contributed by atoms with Crippen LogP contribution in [-0.4, -0.2) is 53.7 Å². The summed E-state index contributed by atoms with van der Waals surface area (Å²) >= 11 is 1.54. The van der Waals surface area contributed by atoms with Crippen LogP contribution in [0.3, 0.4) is 0 Å². The van der Waals surface area contributed by atoms with E-state index in [1.807, 2.05) is 24.3 Å². The first-order valence-corrected chi connectivity index (χ1v) is 11.5. The van der Waals surface area contributed by atoms with Crippen LogP contribution in [0.2, 0.25) is 0 Å². The van der Waals surface area contributed by atoms with E-state index in [9.17, 15) is 9.59 Å². The zero-order chi connectivity index (χ0) is 22.0. The van der Waals surface area contributed by atoms with E-state index in [0.717, 1.165) is 48.8 Å². The molecule has 4 rings (SSSR count). The number of amides is 1. The third-order valence-electron chi connectivity index (χ3n) is 5.69. The van der Waals surface area contributed by atoms with Crippen LogP contribution < -0.4 is 10.2 Å².